The second kappa shape index (κ2) is 37.1. The molecule has 38 heteroatoms. The van der Waals surface area contributed by atoms with Crippen molar-refractivity contribution in [1.29, 1.82) is 0 Å². The number of amides is 2. The minimum atomic E-state index is -2.89. The molecule has 2 spiro atoms. The number of likely N-dealkylation sites (N-methyl/N-ethyl adjacent to an activating group) is 1. The molecule has 132 heavy (non-hydrogen) atoms. The van der Waals surface area contributed by atoms with E-state index in [2.05, 4.69) is 130 Å². The van der Waals surface area contributed by atoms with Crippen molar-refractivity contribution in [3.05, 3.63) is 213 Å². The van der Waals surface area contributed by atoms with Gasteiger partial charge in [0.2, 0.25) is 11.8 Å². The number of halogens is 12. The van der Waals surface area contributed by atoms with Crippen LogP contribution in [0.1, 0.15) is 165 Å². The highest BCUT2D eigenvalue weighted by molar-refractivity contribution is 5.95. The van der Waals surface area contributed by atoms with E-state index in [1.807, 2.05) is 29.2 Å². The SMILES string of the molecule is Cc1nc(N[C@H](C)c2cccc(C(F)F)c2F)c2cc(N3CC4(CCNC4=O)C3)ncc2n1.Cc1nc(N[C@H](C)c2cccc(C(F)F)c2F)c2cc(N3CC4(CNC(=O)C4)C3)ncc2n1.Cc1nc(N[C@H](C)c2cccc(C(F)F)c2F)c2cc(N3CC4CN(C)CC4C3)ncc2n1.Cc1nc(N[C@H](C)c2cccc(C(F)F)c2F)c2cc(N3C[C@@H]4CCN(C)[C@@H]4C3)ncc2n1. The summed E-state index contributed by atoms with van der Waals surface area (Å²) in [6, 6.07) is 22.0. The Morgan fingerprint density at radius 3 is 1.03 bits per heavy atom. The van der Waals surface area contributed by atoms with Gasteiger partial charge in [0.15, 0.2) is 0 Å². The van der Waals surface area contributed by atoms with Crippen molar-refractivity contribution in [3.63, 3.8) is 0 Å². The molecule has 8 atom stereocenters. The fourth-order valence-electron chi connectivity index (χ4n) is 19.6. The fourth-order valence-corrected chi connectivity index (χ4v) is 19.6. The average Bonchev–Trinajstić information content (AvgIpc) is 1.42. The van der Waals surface area contributed by atoms with Gasteiger partial charge in [0.05, 0.1) is 98.7 Å². The highest BCUT2D eigenvalue weighted by Crippen LogP contribution is 2.45. The predicted octanol–water partition coefficient (Wildman–Crippen LogP) is 17.1. The van der Waals surface area contributed by atoms with Crippen LogP contribution in [0.4, 0.5) is 99.2 Å². The van der Waals surface area contributed by atoms with Crippen molar-refractivity contribution in [3.8, 4) is 0 Å². The van der Waals surface area contributed by atoms with Gasteiger partial charge in [-0.25, -0.2) is 112 Å². The van der Waals surface area contributed by atoms with Crippen LogP contribution in [0.5, 0.6) is 0 Å². The summed E-state index contributed by atoms with van der Waals surface area (Å²) < 4.78 is 164. The summed E-state index contributed by atoms with van der Waals surface area (Å²) in [5.41, 5.74) is 0.365. The molecule has 4 aromatic carbocycles. The molecule has 12 aromatic rings. The molecule has 2 amide bonds. The first-order valence-corrected chi connectivity index (χ1v) is 44.0. The number of hydrogen-bond acceptors (Lipinski definition) is 24. The number of pyridine rings is 4. The second-order valence-electron chi connectivity index (χ2n) is 36.0. The van der Waals surface area contributed by atoms with Crippen molar-refractivity contribution in [2.45, 2.75) is 131 Å². The number of alkyl halides is 8. The Bertz CT molecular complexity index is 6360. The number of carbonyl (C=O) groups excluding carboxylic acids is 2. The molecule has 8 aromatic heterocycles. The van der Waals surface area contributed by atoms with Crippen LogP contribution in [0.2, 0.25) is 0 Å². The molecule has 692 valence electrons. The van der Waals surface area contributed by atoms with Crippen LogP contribution >= 0.6 is 0 Å². The molecule has 8 aliphatic rings. The number of aryl methyl sites for hydroxylation is 4. The third kappa shape index (κ3) is 18.6. The summed E-state index contributed by atoms with van der Waals surface area (Å²) in [5.74, 6) is 5.74. The average molecular weight is 1830 g/mol. The van der Waals surface area contributed by atoms with E-state index in [0.29, 0.717) is 142 Å². The third-order valence-electron chi connectivity index (χ3n) is 26.6. The maximum Gasteiger partial charge on any atom is 0.266 e. The first kappa shape index (κ1) is 91.2. The minimum Gasteiger partial charge on any atom is -0.363 e. The Kier molecular flexibility index (Phi) is 25.6. The summed E-state index contributed by atoms with van der Waals surface area (Å²) in [6.45, 7) is 25.0. The van der Waals surface area contributed by atoms with Crippen molar-refractivity contribution in [2.75, 3.05) is 140 Å². The zero-order chi connectivity index (χ0) is 93.2. The summed E-state index contributed by atoms with van der Waals surface area (Å²) in [7, 11) is 4.33. The van der Waals surface area contributed by atoms with Gasteiger partial charge in [0.25, 0.3) is 25.7 Å². The highest BCUT2D eigenvalue weighted by atomic mass is 19.3. The molecule has 26 nitrogen and oxygen atoms in total. The van der Waals surface area contributed by atoms with Crippen molar-refractivity contribution in [2.24, 2.45) is 28.6 Å². The van der Waals surface area contributed by atoms with E-state index in [1.165, 1.54) is 55.0 Å². The van der Waals surface area contributed by atoms with E-state index in [1.54, 1.807) is 80.2 Å². The summed E-state index contributed by atoms with van der Waals surface area (Å²) in [5, 5.41) is 21.5. The molecular weight excluding hydrogens is 1730 g/mol. The molecule has 8 aliphatic heterocycles. The number of benzene rings is 4. The lowest BCUT2D eigenvalue weighted by molar-refractivity contribution is -0.128. The molecule has 0 radical (unpaired) electrons. The lowest BCUT2D eigenvalue weighted by Gasteiger charge is -2.47. The molecule has 20 rings (SSSR count). The van der Waals surface area contributed by atoms with Crippen LogP contribution < -0.4 is 51.5 Å². The maximum atomic E-state index is 14.7. The number of carbonyl (C=O) groups is 2. The summed E-state index contributed by atoms with van der Waals surface area (Å²) in [4.78, 5) is 91.5. The van der Waals surface area contributed by atoms with Crippen molar-refractivity contribution in [1.82, 2.24) is 80.2 Å². The summed E-state index contributed by atoms with van der Waals surface area (Å²) in [6.07, 6.45) is -2.20. The molecule has 8 saturated heterocycles. The quantitative estimate of drug-likeness (QED) is 0.0387. The van der Waals surface area contributed by atoms with E-state index >= 15 is 0 Å². The van der Waals surface area contributed by atoms with Gasteiger partial charge in [0.1, 0.15) is 93.1 Å². The maximum absolute atomic E-state index is 14.7. The van der Waals surface area contributed by atoms with Crippen LogP contribution in [0.15, 0.2) is 122 Å². The van der Waals surface area contributed by atoms with Crippen LogP contribution in [-0.2, 0) is 9.59 Å². The molecular formula is C94H100F12N24O2. The Morgan fingerprint density at radius 1 is 0.402 bits per heavy atom. The smallest absolute Gasteiger partial charge is 0.266 e. The van der Waals surface area contributed by atoms with Crippen LogP contribution in [0.25, 0.3) is 43.6 Å². The van der Waals surface area contributed by atoms with Gasteiger partial charge >= 0.3 is 0 Å². The molecule has 6 N–H and O–H groups in total. The minimum absolute atomic E-state index is 0.0413. The van der Waals surface area contributed by atoms with E-state index in [4.69, 9.17) is 0 Å². The Hall–Kier alpha value is -12.7. The van der Waals surface area contributed by atoms with Gasteiger partial charge in [-0.15, -0.1) is 0 Å². The number of anilines is 8. The Morgan fingerprint density at radius 2 is 0.720 bits per heavy atom. The highest BCUT2D eigenvalue weighted by Gasteiger charge is 2.53. The first-order valence-electron chi connectivity index (χ1n) is 44.0. The van der Waals surface area contributed by atoms with Gasteiger partial charge < -0.3 is 61.3 Å². The van der Waals surface area contributed by atoms with Gasteiger partial charge in [0, 0.05) is 140 Å². The number of hydrogen-bond donors (Lipinski definition) is 6. The number of nitrogens with one attached hydrogen (secondary N) is 6. The van der Waals surface area contributed by atoms with Crippen LogP contribution in [0, 0.1) is 79.5 Å². The van der Waals surface area contributed by atoms with Crippen LogP contribution in [0.3, 0.4) is 0 Å². The zero-order valence-electron chi connectivity index (χ0n) is 74.2. The molecule has 0 bridgehead atoms. The van der Waals surface area contributed by atoms with Gasteiger partial charge in [-0.1, -0.05) is 72.8 Å². The standard InChI is InChI=1S/2C24H27F3N6.2C23H23F3N6O/c1-13(17-5-4-6-18(22(17)25)23(26)27)29-24-19-7-21(28-8-20(19)30-14(2)31-24)33-11-15-9-32(3)10-16(15)12-33;1-13(16-5-4-6-17(22(16)25)23(26)27)29-24-18-9-21(28-10-19(18)30-14(2)31-24)33-11-15-7-8-32(3)20(15)12-33;1-12(14-4-3-5-15(20(14)24)21(25)26)29-22-16-6-18(27-8-17(16)30-13(2)31-22)32-10-23(11-32)7-19(33)28-9-23;1-12(14-4-3-5-15(19(14)24)20(25)26)29-21-16-8-18(28-9-17(16)30-13(2)31-21)32-10-23(11-32)6-7-27-22(23)33/h4-8,13,15-16,23H,9-12H2,1-3H3,(H,29,30,31);4-6,9-10,13,15,20,23H,7-8,11-12H2,1-3H3,(H,29,30,31);3-6,8,12,21H,7,9-11H2,1-2H3,(H,28,33)(H,29,30,31);3-5,8-9,12,20H,6-7,10-11H2,1-2H3,(H,27,33)(H,29,30,31)/t13-,15?,16?;13-,15+,20-;2*12-/m1111/s1. The molecule has 0 saturated carbocycles. The molecule has 2 unspecified atom stereocenters. The molecule has 8 fully saturated rings. The fraction of sp³-hybridized carbons (Fsp3) is 0.426. The first-order chi connectivity index (χ1) is 63.1. The topological polar surface area (TPSA) is 280 Å². The normalized spacial score (nSPS) is 19.9. The number of likely N-dealkylation sites (tertiary alicyclic amines) is 2. The lowest BCUT2D eigenvalue weighted by atomic mass is 9.78. The largest absolute Gasteiger partial charge is 0.363 e. The number of aromatic nitrogens is 12. The number of nitrogens with zero attached hydrogens (tertiary/aromatic N) is 18. The van der Waals surface area contributed by atoms with E-state index in [-0.39, 0.29) is 44.9 Å². The predicted molar refractivity (Wildman–Crippen MR) is 480 cm³/mol. The lowest BCUT2D eigenvalue weighted by Crippen LogP contribution is -2.60. The Balaban J connectivity index is 0.000000123. The van der Waals surface area contributed by atoms with Crippen LogP contribution in [-0.4, -0.2) is 187 Å². The van der Waals surface area contributed by atoms with Gasteiger partial charge in [-0.3, -0.25) is 9.59 Å². The zero-order valence-corrected chi connectivity index (χ0v) is 74.2. The summed E-state index contributed by atoms with van der Waals surface area (Å²) >= 11 is 0. The molecule has 0 aliphatic carbocycles. The Labute approximate surface area is 753 Å². The van der Waals surface area contributed by atoms with Gasteiger partial charge in [-0.2, -0.15) is 0 Å². The monoisotopic (exact) mass is 1820 g/mol. The van der Waals surface area contributed by atoms with Crippen molar-refractivity contribution < 1.29 is 62.3 Å². The third-order valence-corrected chi connectivity index (χ3v) is 26.6. The van der Waals surface area contributed by atoms with E-state index in [9.17, 15) is 62.3 Å². The number of rotatable bonds is 20. The van der Waals surface area contributed by atoms with E-state index < -0.39 is 95.4 Å². The van der Waals surface area contributed by atoms with E-state index in [0.717, 1.165) is 118 Å². The second-order valence-corrected chi connectivity index (χ2v) is 36.0. The molecule has 16 heterocycles. The van der Waals surface area contributed by atoms with Gasteiger partial charge in [-0.05, 0) is 131 Å². The van der Waals surface area contributed by atoms with Crippen molar-refractivity contribution >= 4 is 102 Å². The number of fused-ring (bicyclic) bond motifs is 6.